The maximum atomic E-state index is 9.56. The standard InChI is InChI=1S/C14H24N2OS/c1-9(2)12(8-17)13-10(3)15-14(18-13)11-5-6-16(4)7-11/h9,11-12,17H,5-8H2,1-4H3. The monoisotopic (exact) mass is 268 g/mol. The zero-order valence-electron chi connectivity index (χ0n) is 11.8. The fourth-order valence-corrected chi connectivity index (χ4v) is 4.14. The van der Waals surface area contributed by atoms with Crippen molar-refractivity contribution in [1.29, 1.82) is 0 Å². The average molecular weight is 268 g/mol. The molecule has 1 saturated heterocycles. The predicted molar refractivity (Wildman–Crippen MR) is 76.4 cm³/mol. The summed E-state index contributed by atoms with van der Waals surface area (Å²) in [5.74, 6) is 1.31. The Bertz CT molecular complexity index is 402. The quantitative estimate of drug-likeness (QED) is 0.912. The van der Waals surface area contributed by atoms with E-state index in [1.54, 1.807) is 0 Å². The lowest BCUT2D eigenvalue weighted by Crippen LogP contribution is -2.13. The van der Waals surface area contributed by atoms with E-state index in [4.69, 9.17) is 4.98 Å². The summed E-state index contributed by atoms with van der Waals surface area (Å²) < 4.78 is 0. The summed E-state index contributed by atoms with van der Waals surface area (Å²) in [5, 5.41) is 10.8. The SMILES string of the molecule is Cc1nc(C2CCN(C)C2)sc1C(CO)C(C)C. The van der Waals surface area contributed by atoms with Crippen LogP contribution in [0.25, 0.3) is 0 Å². The lowest BCUT2D eigenvalue weighted by molar-refractivity contribution is 0.239. The molecule has 2 atom stereocenters. The molecule has 1 N–H and O–H groups in total. The first-order valence-corrected chi connectivity index (χ1v) is 7.61. The van der Waals surface area contributed by atoms with E-state index >= 15 is 0 Å². The molecule has 0 spiro atoms. The fourth-order valence-electron chi connectivity index (χ4n) is 2.68. The molecule has 1 fully saturated rings. The van der Waals surface area contributed by atoms with Gasteiger partial charge in [0.25, 0.3) is 0 Å². The molecule has 0 bridgehead atoms. The van der Waals surface area contributed by atoms with Crippen molar-refractivity contribution < 1.29 is 5.11 Å². The van der Waals surface area contributed by atoms with Crippen LogP contribution in [0.5, 0.6) is 0 Å². The lowest BCUT2D eigenvalue weighted by Gasteiger charge is -2.16. The molecule has 1 aliphatic heterocycles. The van der Waals surface area contributed by atoms with Crippen LogP contribution in [0.15, 0.2) is 0 Å². The van der Waals surface area contributed by atoms with Crippen LogP contribution >= 0.6 is 11.3 Å². The van der Waals surface area contributed by atoms with Crippen LogP contribution in [0.3, 0.4) is 0 Å². The predicted octanol–water partition coefficient (Wildman–Crippen LogP) is 2.60. The minimum atomic E-state index is 0.227. The number of hydrogen-bond acceptors (Lipinski definition) is 4. The molecule has 2 unspecified atom stereocenters. The number of aliphatic hydroxyl groups excluding tert-OH is 1. The molecule has 1 aliphatic rings. The van der Waals surface area contributed by atoms with E-state index in [0.29, 0.717) is 11.8 Å². The number of rotatable bonds is 4. The summed E-state index contributed by atoms with van der Waals surface area (Å²) >= 11 is 1.82. The maximum Gasteiger partial charge on any atom is 0.0975 e. The van der Waals surface area contributed by atoms with E-state index in [1.807, 2.05) is 11.3 Å². The van der Waals surface area contributed by atoms with Gasteiger partial charge in [0.1, 0.15) is 0 Å². The van der Waals surface area contributed by atoms with Gasteiger partial charge in [0.05, 0.1) is 17.3 Å². The van der Waals surface area contributed by atoms with Crippen molar-refractivity contribution in [3.8, 4) is 0 Å². The van der Waals surface area contributed by atoms with Gasteiger partial charge in [0.2, 0.25) is 0 Å². The third-order valence-electron chi connectivity index (χ3n) is 3.93. The number of thiazole rings is 1. The minimum Gasteiger partial charge on any atom is -0.396 e. The maximum absolute atomic E-state index is 9.56. The van der Waals surface area contributed by atoms with Gasteiger partial charge >= 0.3 is 0 Å². The molecule has 0 aromatic carbocycles. The molecule has 102 valence electrons. The van der Waals surface area contributed by atoms with Gasteiger partial charge in [0, 0.05) is 23.3 Å². The third kappa shape index (κ3) is 2.76. The normalized spacial score (nSPS) is 22.9. The summed E-state index contributed by atoms with van der Waals surface area (Å²) in [6.45, 7) is 8.94. The molecule has 1 aromatic rings. The van der Waals surface area contributed by atoms with E-state index in [-0.39, 0.29) is 12.5 Å². The number of aromatic nitrogens is 1. The van der Waals surface area contributed by atoms with Gasteiger partial charge in [-0.3, -0.25) is 0 Å². The Labute approximate surface area is 114 Å². The Morgan fingerprint density at radius 2 is 2.22 bits per heavy atom. The van der Waals surface area contributed by atoms with Crippen LogP contribution in [0.4, 0.5) is 0 Å². The van der Waals surface area contributed by atoms with E-state index < -0.39 is 0 Å². The van der Waals surface area contributed by atoms with Crippen molar-refractivity contribution in [2.24, 2.45) is 5.92 Å². The highest BCUT2D eigenvalue weighted by molar-refractivity contribution is 7.12. The van der Waals surface area contributed by atoms with E-state index in [2.05, 4.69) is 32.7 Å². The second kappa shape index (κ2) is 5.68. The van der Waals surface area contributed by atoms with Gasteiger partial charge in [-0.05, 0) is 32.9 Å². The van der Waals surface area contributed by atoms with Crippen LogP contribution in [0.1, 0.15) is 47.7 Å². The van der Waals surface area contributed by atoms with Crippen LogP contribution in [-0.2, 0) is 0 Å². The highest BCUT2D eigenvalue weighted by Gasteiger charge is 2.27. The highest BCUT2D eigenvalue weighted by Crippen LogP contribution is 2.36. The van der Waals surface area contributed by atoms with Crippen LogP contribution in [-0.4, -0.2) is 41.7 Å². The van der Waals surface area contributed by atoms with Crippen molar-refractivity contribution in [2.75, 3.05) is 26.7 Å². The Morgan fingerprint density at radius 3 is 2.72 bits per heavy atom. The van der Waals surface area contributed by atoms with Crippen LogP contribution in [0, 0.1) is 12.8 Å². The minimum absolute atomic E-state index is 0.227. The van der Waals surface area contributed by atoms with Gasteiger partial charge in [-0.1, -0.05) is 13.8 Å². The summed E-state index contributed by atoms with van der Waals surface area (Å²) in [5.41, 5.74) is 1.12. The molecule has 1 aromatic heterocycles. The molecule has 18 heavy (non-hydrogen) atoms. The third-order valence-corrected chi connectivity index (χ3v) is 5.38. The molecule has 2 heterocycles. The molecule has 0 saturated carbocycles. The van der Waals surface area contributed by atoms with Gasteiger partial charge in [-0.2, -0.15) is 0 Å². The lowest BCUT2D eigenvalue weighted by atomic mass is 9.94. The zero-order chi connectivity index (χ0) is 13.3. The first-order chi connectivity index (χ1) is 8.52. The van der Waals surface area contributed by atoms with Crippen LogP contribution in [0.2, 0.25) is 0 Å². The first-order valence-electron chi connectivity index (χ1n) is 6.79. The van der Waals surface area contributed by atoms with E-state index in [1.165, 1.54) is 22.9 Å². The molecule has 0 radical (unpaired) electrons. The van der Waals surface area contributed by atoms with E-state index in [0.717, 1.165) is 12.2 Å². The second-order valence-corrected chi connectivity index (χ2v) is 6.84. The van der Waals surface area contributed by atoms with Crippen molar-refractivity contribution in [2.45, 2.75) is 39.0 Å². The number of hydrogen-bond donors (Lipinski definition) is 1. The van der Waals surface area contributed by atoms with Crippen molar-refractivity contribution >= 4 is 11.3 Å². The Balaban J connectivity index is 2.21. The van der Waals surface area contributed by atoms with Crippen molar-refractivity contribution in [1.82, 2.24) is 9.88 Å². The molecule has 4 heteroatoms. The van der Waals surface area contributed by atoms with Crippen molar-refractivity contribution in [3.63, 3.8) is 0 Å². The van der Waals surface area contributed by atoms with Gasteiger partial charge in [-0.15, -0.1) is 11.3 Å². The summed E-state index contributed by atoms with van der Waals surface area (Å²) in [7, 11) is 2.17. The molecular formula is C14H24N2OS. The number of aliphatic hydroxyl groups is 1. The summed E-state index contributed by atoms with van der Waals surface area (Å²) in [6.07, 6.45) is 1.22. The Hall–Kier alpha value is -0.450. The Morgan fingerprint density at radius 1 is 1.50 bits per heavy atom. The van der Waals surface area contributed by atoms with Crippen molar-refractivity contribution in [3.05, 3.63) is 15.6 Å². The van der Waals surface area contributed by atoms with Gasteiger partial charge in [0.15, 0.2) is 0 Å². The zero-order valence-corrected chi connectivity index (χ0v) is 12.6. The topological polar surface area (TPSA) is 36.4 Å². The largest absolute Gasteiger partial charge is 0.396 e. The number of likely N-dealkylation sites (N-methyl/N-ethyl adjacent to an activating group) is 1. The average Bonchev–Trinajstić information content (AvgIpc) is 2.87. The Kier molecular flexibility index (Phi) is 4.41. The fraction of sp³-hybridized carbons (Fsp3) is 0.786. The second-order valence-electron chi connectivity index (χ2n) is 5.78. The molecule has 0 amide bonds. The first kappa shape index (κ1) is 14.0. The summed E-state index contributed by atoms with van der Waals surface area (Å²) in [4.78, 5) is 8.42. The summed E-state index contributed by atoms with van der Waals surface area (Å²) in [6, 6.07) is 0. The number of likely N-dealkylation sites (tertiary alicyclic amines) is 1. The highest BCUT2D eigenvalue weighted by atomic mass is 32.1. The number of aryl methyl sites for hydroxylation is 1. The molecule has 0 aliphatic carbocycles. The van der Waals surface area contributed by atoms with E-state index in [9.17, 15) is 5.11 Å². The molecule has 2 rings (SSSR count). The smallest absolute Gasteiger partial charge is 0.0975 e. The van der Waals surface area contributed by atoms with Gasteiger partial charge in [-0.25, -0.2) is 4.98 Å². The molecular weight excluding hydrogens is 244 g/mol. The molecule has 3 nitrogen and oxygen atoms in total. The van der Waals surface area contributed by atoms with Crippen LogP contribution < -0.4 is 0 Å². The number of nitrogens with zero attached hydrogens (tertiary/aromatic N) is 2. The van der Waals surface area contributed by atoms with Gasteiger partial charge < -0.3 is 10.0 Å².